The van der Waals surface area contributed by atoms with Gasteiger partial charge in [0.1, 0.15) is 39.1 Å². The monoisotopic (exact) mass is 804 g/mol. The number of carbonyl (C=O) groups excluding carboxylic acids is 2. The smallest absolute Gasteiger partial charge is 0.274 e. The third-order valence-electron chi connectivity index (χ3n) is 11.5. The quantitative estimate of drug-likeness (QED) is 0.230. The lowest BCUT2D eigenvalue weighted by Crippen LogP contribution is -2.55. The average Bonchev–Trinajstić information content (AvgIpc) is 3.50. The first kappa shape index (κ1) is 41.5. The summed E-state index contributed by atoms with van der Waals surface area (Å²) in [5, 5.41) is 10.7. The molecule has 2 saturated heterocycles. The van der Waals surface area contributed by atoms with E-state index in [1.54, 1.807) is 30.9 Å². The van der Waals surface area contributed by atoms with E-state index in [0.717, 1.165) is 32.5 Å². The van der Waals surface area contributed by atoms with Crippen LogP contribution in [0.4, 0.5) is 5.69 Å². The summed E-state index contributed by atoms with van der Waals surface area (Å²) in [5.74, 6) is -1.25. The number of carbonyl (C=O) groups is 2. The highest BCUT2D eigenvalue weighted by molar-refractivity contribution is 7.93. The van der Waals surface area contributed by atoms with E-state index in [2.05, 4.69) is 27.8 Å². The van der Waals surface area contributed by atoms with Crippen molar-refractivity contribution in [3.05, 3.63) is 58.8 Å². The number of nitrogens with zero attached hydrogens (tertiary/aromatic N) is 6. The van der Waals surface area contributed by atoms with Gasteiger partial charge in [0.2, 0.25) is 11.8 Å². The van der Waals surface area contributed by atoms with Gasteiger partial charge in [-0.15, -0.1) is 0 Å². The number of ether oxygens (including phenoxy) is 5. The van der Waals surface area contributed by atoms with Gasteiger partial charge >= 0.3 is 0 Å². The largest absolute Gasteiger partial charge is 0.497 e. The second kappa shape index (κ2) is 17.2. The zero-order valence-electron chi connectivity index (χ0n) is 33.8. The van der Waals surface area contributed by atoms with Crippen molar-refractivity contribution in [2.24, 2.45) is 0 Å². The number of hydrogen-bond acceptors (Lipinski definition) is 13. The molecular weight excluding hydrogens is 753 g/mol. The number of hydrogen-bond donors (Lipinski definition) is 0. The number of aromatic nitrogens is 1. The van der Waals surface area contributed by atoms with Crippen LogP contribution in [0, 0.1) is 11.3 Å². The van der Waals surface area contributed by atoms with E-state index in [1.165, 1.54) is 52.8 Å². The van der Waals surface area contributed by atoms with Crippen LogP contribution in [0.1, 0.15) is 62.3 Å². The van der Waals surface area contributed by atoms with Crippen LogP contribution in [0.2, 0.25) is 0 Å². The zero-order chi connectivity index (χ0) is 41.1. The number of amides is 2. The molecule has 0 aliphatic carbocycles. The number of pyridine rings is 1. The molecule has 4 heterocycles. The molecular formula is C41H52N6O9S. The molecule has 0 saturated carbocycles. The number of nitriles is 1. The minimum absolute atomic E-state index is 0.0473. The number of methoxy groups -OCH3 is 4. The maximum absolute atomic E-state index is 15.9. The lowest BCUT2D eigenvalue weighted by molar-refractivity contribution is -0.137. The molecule has 306 valence electrons. The highest BCUT2D eigenvalue weighted by Crippen LogP contribution is 2.60. The fraction of sp³-hybridized carbons (Fsp3) is 0.512. The van der Waals surface area contributed by atoms with Crippen molar-refractivity contribution in [2.75, 3.05) is 85.2 Å². The van der Waals surface area contributed by atoms with Crippen molar-refractivity contribution < 1.29 is 41.7 Å². The van der Waals surface area contributed by atoms with E-state index < -0.39 is 27.8 Å². The van der Waals surface area contributed by atoms with Crippen LogP contribution in [-0.2, 0) is 31.4 Å². The van der Waals surface area contributed by atoms with E-state index >= 15 is 13.2 Å². The molecule has 0 N–H and O–H groups in total. The van der Waals surface area contributed by atoms with Crippen molar-refractivity contribution in [1.82, 2.24) is 19.7 Å². The second-order valence-corrected chi connectivity index (χ2v) is 15.9. The third kappa shape index (κ3) is 7.10. The van der Waals surface area contributed by atoms with Gasteiger partial charge in [-0.2, -0.15) is 9.57 Å². The van der Waals surface area contributed by atoms with Crippen LogP contribution in [0.5, 0.6) is 28.9 Å². The molecule has 2 aromatic carbocycles. The normalized spacial score (nSPS) is 19.2. The molecule has 2 fully saturated rings. The van der Waals surface area contributed by atoms with Gasteiger partial charge in [0.25, 0.3) is 15.9 Å². The van der Waals surface area contributed by atoms with Crippen LogP contribution < -0.4 is 28.0 Å². The van der Waals surface area contributed by atoms with Gasteiger partial charge in [-0.1, -0.05) is 19.9 Å². The van der Waals surface area contributed by atoms with Crippen LogP contribution >= 0.6 is 0 Å². The van der Waals surface area contributed by atoms with E-state index in [0.29, 0.717) is 47.8 Å². The highest BCUT2D eigenvalue weighted by Gasteiger charge is 2.62. The minimum atomic E-state index is -4.87. The zero-order valence-corrected chi connectivity index (χ0v) is 34.6. The second-order valence-electron chi connectivity index (χ2n) is 14.2. The van der Waals surface area contributed by atoms with Crippen molar-refractivity contribution in [3.63, 3.8) is 0 Å². The number of rotatable bonds is 14. The molecule has 0 radical (unpaired) electrons. The molecule has 3 aromatic rings. The van der Waals surface area contributed by atoms with Crippen molar-refractivity contribution in [1.29, 1.82) is 5.26 Å². The summed E-state index contributed by atoms with van der Waals surface area (Å²) in [6, 6.07) is 10.0. The summed E-state index contributed by atoms with van der Waals surface area (Å²) in [6.45, 7) is 11.2. The van der Waals surface area contributed by atoms with Crippen molar-refractivity contribution in [2.45, 2.75) is 62.8 Å². The maximum Gasteiger partial charge on any atom is 0.274 e. The molecule has 1 aromatic heterocycles. The molecule has 2 amide bonds. The lowest BCUT2D eigenvalue weighted by Gasteiger charge is -2.43. The summed E-state index contributed by atoms with van der Waals surface area (Å²) < 4.78 is 59.7. The summed E-state index contributed by atoms with van der Waals surface area (Å²) in [7, 11) is 0.518. The molecule has 3 aliphatic heterocycles. The highest BCUT2D eigenvalue weighted by atomic mass is 32.2. The Balaban J connectivity index is 1.58. The molecule has 3 aliphatic rings. The van der Waals surface area contributed by atoms with Gasteiger partial charge < -0.3 is 33.5 Å². The first-order valence-corrected chi connectivity index (χ1v) is 20.8. The minimum Gasteiger partial charge on any atom is -0.497 e. The molecule has 16 heteroatoms. The summed E-state index contributed by atoms with van der Waals surface area (Å²) >= 11 is 0. The molecule has 6 rings (SSSR count). The Morgan fingerprint density at radius 1 is 0.947 bits per heavy atom. The predicted molar refractivity (Wildman–Crippen MR) is 212 cm³/mol. The van der Waals surface area contributed by atoms with Crippen molar-refractivity contribution in [3.8, 4) is 34.9 Å². The van der Waals surface area contributed by atoms with Gasteiger partial charge in [-0.05, 0) is 69.6 Å². The molecule has 0 bridgehead atoms. The van der Waals surface area contributed by atoms with Crippen LogP contribution in [0.25, 0.3) is 0 Å². The summed E-state index contributed by atoms with van der Waals surface area (Å²) in [4.78, 5) is 41.6. The van der Waals surface area contributed by atoms with Crippen LogP contribution in [0.15, 0.2) is 41.4 Å². The Kier molecular flexibility index (Phi) is 12.5. The first-order valence-electron chi connectivity index (χ1n) is 19.4. The predicted octanol–water partition coefficient (Wildman–Crippen LogP) is 3.99. The molecule has 57 heavy (non-hydrogen) atoms. The topological polar surface area (TPSA) is 164 Å². The Hall–Kier alpha value is -5.11. The van der Waals surface area contributed by atoms with Gasteiger partial charge in [0.05, 0.1) is 35.0 Å². The first-order chi connectivity index (χ1) is 27.5. The standard InChI is InChI=1S/C41H52N6O9S/c1-8-29-30(26-42)37(54-6)38(55-7)36-35(29)41(31-12-11-17-43-39(31)56-10-3,40(49)47(36)57(50,51)33-14-13-28(52-4)24-32(33)53-5)25-34(48)46-22-20-45(21-23-46)27-15-18-44(9-2)19-16-27/h11-14,17,24,27H,8-10,15-16,18-23,25H2,1-7H3. The van der Waals surface area contributed by atoms with E-state index in [-0.39, 0.29) is 69.3 Å². The number of fused-ring (bicyclic) bond motifs is 1. The summed E-state index contributed by atoms with van der Waals surface area (Å²) in [5.41, 5.74) is -1.55. The van der Waals surface area contributed by atoms with Crippen LogP contribution in [-0.4, -0.2) is 127 Å². The number of piperazine rings is 1. The Labute approximate surface area is 335 Å². The van der Waals surface area contributed by atoms with E-state index in [4.69, 9.17) is 23.7 Å². The maximum atomic E-state index is 15.9. The Morgan fingerprint density at radius 3 is 2.23 bits per heavy atom. The van der Waals surface area contributed by atoms with Crippen LogP contribution in [0.3, 0.4) is 0 Å². The average molecular weight is 805 g/mol. The van der Waals surface area contributed by atoms with E-state index in [1.807, 2.05) is 0 Å². The van der Waals surface area contributed by atoms with Gasteiger partial charge in [0, 0.05) is 62.0 Å². The fourth-order valence-electron chi connectivity index (χ4n) is 8.70. The van der Waals surface area contributed by atoms with Gasteiger partial charge in [-0.25, -0.2) is 13.4 Å². The number of piperidine rings is 1. The third-order valence-corrected chi connectivity index (χ3v) is 13.3. The number of benzene rings is 2. The molecule has 0 spiro atoms. The van der Waals surface area contributed by atoms with Gasteiger partial charge in [-0.3, -0.25) is 14.5 Å². The lowest BCUT2D eigenvalue weighted by atomic mass is 9.70. The van der Waals surface area contributed by atoms with Gasteiger partial charge in [0.15, 0.2) is 11.5 Å². The molecule has 1 atom stereocenters. The fourth-order valence-corrected chi connectivity index (χ4v) is 10.3. The number of likely N-dealkylation sites (tertiary alicyclic amines) is 1. The Morgan fingerprint density at radius 2 is 1.65 bits per heavy atom. The summed E-state index contributed by atoms with van der Waals surface area (Å²) in [6.07, 6.45) is 3.30. The molecule has 1 unspecified atom stereocenters. The Bertz CT molecular complexity index is 2140. The van der Waals surface area contributed by atoms with Crippen molar-refractivity contribution >= 4 is 27.5 Å². The van der Waals surface area contributed by atoms with E-state index in [9.17, 15) is 10.1 Å². The molecule has 15 nitrogen and oxygen atoms in total. The SMILES string of the molecule is CCOc1ncccc1C1(CC(=O)N2CCN(C3CCN(CC)CC3)CC2)C(=O)N(S(=O)(=O)c2ccc(OC)cc2OC)c2c(OC)c(OC)c(C#N)c(CC)c21. The number of sulfonamides is 1. The number of anilines is 1.